The number of hydrogen-bond acceptors (Lipinski definition) is 3. The molecule has 0 aliphatic heterocycles. The van der Waals surface area contributed by atoms with E-state index in [-0.39, 0.29) is 5.70 Å². The molecule has 6 nitrogen and oxygen atoms in total. The molecule has 0 saturated heterocycles. The van der Waals surface area contributed by atoms with Gasteiger partial charge in [-0.1, -0.05) is 11.2 Å². The van der Waals surface area contributed by atoms with Crippen LogP contribution >= 0.6 is 0 Å². The molecule has 0 heterocycles. The van der Waals surface area contributed by atoms with Gasteiger partial charge in [0.15, 0.2) is 0 Å². The molecule has 0 spiro atoms. The van der Waals surface area contributed by atoms with E-state index in [0.29, 0.717) is 6.42 Å². The Balaban J connectivity index is 3.02. The smallest absolute Gasteiger partial charge is 0.258 e. The molecule has 6 heteroatoms. The van der Waals surface area contributed by atoms with Crippen LogP contribution in [0.25, 0.3) is 10.4 Å². The van der Waals surface area contributed by atoms with Crippen molar-refractivity contribution in [3.05, 3.63) is 44.5 Å². The van der Waals surface area contributed by atoms with Crippen molar-refractivity contribution in [3.63, 3.8) is 0 Å². The van der Waals surface area contributed by atoms with E-state index < -0.39 is 10.5 Å². The molecule has 0 aromatic rings. The van der Waals surface area contributed by atoms with Crippen LogP contribution in [0, 0.1) is 10.1 Å². The maximum Gasteiger partial charge on any atom is 0.265 e. The van der Waals surface area contributed by atoms with Crippen LogP contribution in [-0.4, -0.2) is 10.5 Å². The third kappa shape index (κ3) is 2.07. The highest BCUT2D eigenvalue weighted by Gasteiger charge is 2.25. The van der Waals surface area contributed by atoms with Gasteiger partial charge in [-0.3, -0.25) is 10.1 Å². The quantitative estimate of drug-likeness (QED) is 0.214. The average molecular weight is 180 g/mol. The Morgan fingerprint density at radius 1 is 1.85 bits per heavy atom. The van der Waals surface area contributed by atoms with Crippen molar-refractivity contribution in [2.45, 2.75) is 18.9 Å². The van der Waals surface area contributed by atoms with Gasteiger partial charge in [0, 0.05) is 17.1 Å². The molecular weight excluding hydrogens is 172 g/mol. The summed E-state index contributed by atoms with van der Waals surface area (Å²) in [6, 6.07) is 0. The Kier molecular flexibility index (Phi) is 2.34. The fourth-order valence-corrected chi connectivity index (χ4v) is 1.13. The van der Waals surface area contributed by atoms with Crippen molar-refractivity contribution in [2.24, 2.45) is 5.11 Å². The number of hydrogen-bond donors (Lipinski definition) is 0. The molecule has 1 aliphatic rings. The summed E-state index contributed by atoms with van der Waals surface area (Å²) >= 11 is 0. The van der Waals surface area contributed by atoms with Crippen molar-refractivity contribution in [1.82, 2.24) is 0 Å². The molecule has 13 heavy (non-hydrogen) atoms. The predicted octanol–water partition coefficient (Wildman–Crippen LogP) is 2.18. The Labute approximate surface area is 74.3 Å². The summed E-state index contributed by atoms with van der Waals surface area (Å²) in [4.78, 5) is 12.5. The van der Waals surface area contributed by atoms with Gasteiger partial charge in [0.1, 0.15) is 0 Å². The zero-order valence-electron chi connectivity index (χ0n) is 7.04. The normalized spacial score (nSPS) is 26.1. The molecule has 0 radical (unpaired) electrons. The van der Waals surface area contributed by atoms with E-state index in [1.165, 1.54) is 12.2 Å². The van der Waals surface area contributed by atoms with Crippen LogP contribution in [0.4, 0.5) is 0 Å². The summed E-state index contributed by atoms with van der Waals surface area (Å²) < 4.78 is 0. The van der Waals surface area contributed by atoms with E-state index in [4.69, 9.17) is 5.53 Å². The summed E-state index contributed by atoms with van der Waals surface area (Å²) in [6.07, 6.45) is 4.91. The highest BCUT2D eigenvalue weighted by molar-refractivity contribution is 5.24. The van der Waals surface area contributed by atoms with Crippen LogP contribution in [0.15, 0.2) is 29.0 Å². The van der Waals surface area contributed by atoms with Gasteiger partial charge in [-0.2, -0.15) is 0 Å². The number of nitrogens with zero attached hydrogens (tertiary/aromatic N) is 4. The lowest BCUT2D eigenvalue weighted by molar-refractivity contribution is -0.419. The maximum absolute atomic E-state index is 10.4. The molecule has 0 aromatic heterocycles. The lowest BCUT2D eigenvalue weighted by Crippen LogP contribution is -2.21. The first-order valence-corrected chi connectivity index (χ1v) is 3.67. The van der Waals surface area contributed by atoms with Crippen molar-refractivity contribution < 1.29 is 4.92 Å². The van der Waals surface area contributed by atoms with Crippen molar-refractivity contribution in [1.29, 1.82) is 0 Å². The highest BCUT2D eigenvalue weighted by Crippen LogP contribution is 2.25. The minimum atomic E-state index is -0.800. The summed E-state index contributed by atoms with van der Waals surface area (Å²) in [5.74, 6) is 0. The first kappa shape index (κ1) is 9.28. The molecule has 1 unspecified atom stereocenters. The van der Waals surface area contributed by atoms with Gasteiger partial charge >= 0.3 is 0 Å². The molecular formula is C7H8N4O2. The van der Waals surface area contributed by atoms with Gasteiger partial charge in [0.05, 0.1) is 10.5 Å². The van der Waals surface area contributed by atoms with Gasteiger partial charge in [-0.05, 0) is 18.9 Å². The summed E-state index contributed by atoms with van der Waals surface area (Å²) in [5.41, 5.74) is 7.42. The second kappa shape index (κ2) is 3.28. The summed E-state index contributed by atoms with van der Waals surface area (Å²) in [6.45, 7) is 1.65. The highest BCUT2D eigenvalue weighted by atomic mass is 16.6. The van der Waals surface area contributed by atoms with Crippen LogP contribution in [0.3, 0.4) is 0 Å². The third-order valence-electron chi connectivity index (χ3n) is 1.76. The Morgan fingerprint density at radius 3 is 3.08 bits per heavy atom. The molecule has 1 atom stereocenters. The van der Waals surface area contributed by atoms with Gasteiger partial charge in [-0.15, -0.1) is 0 Å². The van der Waals surface area contributed by atoms with Crippen LogP contribution < -0.4 is 0 Å². The third-order valence-corrected chi connectivity index (χ3v) is 1.76. The lowest BCUT2D eigenvalue weighted by Gasteiger charge is -2.18. The molecule has 0 N–H and O–H groups in total. The molecule has 0 amide bonds. The van der Waals surface area contributed by atoms with E-state index >= 15 is 0 Å². The SMILES string of the molecule is CC1(N=[N+]=[N-])C=C([N+](=O)[O-])C=CC1. The topological polar surface area (TPSA) is 91.9 Å². The van der Waals surface area contributed by atoms with Crippen molar-refractivity contribution in [2.75, 3.05) is 0 Å². The molecule has 0 bridgehead atoms. The van der Waals surface area contributed by atoms with Crippen molar-refractivity contribution in [3.8, 4) is 0 Å². The van der Waals surface area contributed by atoms with E-state index in [1.54, 1.807) is 13.0 Å². The predicted molar refractivity (Wildman–Crippen MR) is 46.4 cm³/mol. The lowest BCUT2D eigenvalue weighted by atomic mass is 9.93. The minimum absolute atomic E-state index is 0.0267. The second-order valence-electron chi connectivity index (χ2n) is 2.98. The van der Waals surface area contributed by atoms with E-state index in [9.17, 15) is 10.1 Å². The number of rotatable bonds is 2. The largest absolute Gasteiger partial charge is 0.265 e. The minimum Gasteiger partial charge on any atom is -0.258 e. The average Bonchev–Trinajstić information content (AvgIpc) is 2.04. The number of azide groups is 1. The van der Waals surface area contributed by atoms with Crippen LogP contribution in [-0.2, 0) is 0 Å². The monoisotopic (exact) mass is 180 g/mol. The maximum atomic E-state index is 10.4. The second-order valence-corrected chi connectivity index (χ2v) is 2.98. The fraction of sp³-hybridized carbons (Fsp3) is 0.429. The van der Waals surface area contributed by atoms with Crippen LogP contribution in [0.5, 0.6) is 0 Å². The zero-order chi connectivity index (χ0) is 9.90. The van der Waals surface area contributed by atoms with Gasteiger partial charge in [0.2, 0.25) is 0 Å². The van der Waals surface area contributed by atoms with E-state index in [1.807, 2.05) is 0 Å². The summed E-state index contributed by atoms with van der Waals surface area (Å²) in [7, 11) is 0. The Morgan fingerprint density at radius 2 is 2.54 bits per heavy atom. The molecule has 0 saturated carbocycles. The van der Waals surface area contributed by atoms with Crippen LogP contribution in [0.1, 0.15) is 13.3 Å². The van der Waals surface area contributed by atoms with Gasteiger partial charge in [0.25, 0.3) is 5.70 Å². The van der Waals surface area contributed by atoms with Gasteiger partial charge < -0.3 is 0 Å². The molecule has 0 fully saturated rings. The molecule has 0 aromatic carbocycles. The van der Waals surface area contributed by atoms with E-state index in [2.05, 4.69) is 10.0 Å². The molecule has 1 aliphatic carbocycles. The van der Waals surface area contributed by atoms with Crippen LogP contribution in [0.2, 0.25) is 0 Å². The Hall–Kier alpha value is -1.81. The number of nitro groups is 1. The zero-order valence-corrected chi connectivity index (χ0v) is 7.04. The first-order chi connectivity index (χ1) is 6.07. The summed E-state index contributed by atoms with van der Waals surface area (Å²) in [5, 5.41) is 13.9. The molecule has 68 valence electrons. The van der Waals surface area contributed by atoms with Crippen molar-refractivity contribution >= 4 is 0 Å². The standard InChI is InChI=1S/C7H8N4O2/c1-7(9-10-8)4-2-3-6(5-7)11(12)13/h2-3,5H,4H2,1H3. The fourth-order valence-electron chi connectivity index (χ4n) is 1.13. The Bertz CT molecular complexity index is 340. The molecule has 1 rings (SSSR count). The number of allylic oxidation sites excluding steroid dienone is 1. The van der Waals surface area contributed by atoms with Gasteiger partial charge in [-0.25, -0.2) is 0 Å². The van der Waals surface area contributed by atoms with E-state index in [0.717, 1.165) is 0 Å². The first-order valence-electron chi connectivity index (χ1n) is 3.67.